The minimum Gasteiger partial charge on any atom is -0.396 e. The molecule has 0 atom stereocenters. The van der Waals surface area contributed by atoms with E-state index in [0.29, 0.717) is 24.9 Å². The van der Waals surface area contributed by atoms with Crippen molar-refractivity contribution in [1.29, 1.82) is 0 Å². The maximum Gasteiger partial charge on any atom is 0.256 e. The Morgan fingerprint density at radius 3 is 2.21 bits per heavy atom. The van der Waals surface area contributed by atoms with Gasteiger partial charge in [0.15, 0.2) is 0 Å². The molecule has 0 radical (unpaired) electrons. The Morgan fingerprint density at radius 1 is 1.21 bits per heavy atom. The summed E-state index contributed by atoms with van der Waals surface area (Å²) in [4.78, 5) is 14.2. The standard InChI is InChI=1S/C15H23FN2O/c1-10(2)8-18(9-11(3)4)15(19)12-6-5-7-13(16)14(12)17/h5-7,10-11H,8-9,17H2,1-4H3. The van der Waals surface area contributed by atoms with Crippen LogP contribution in [0.5, 0.6) is 0 Å². The number of amides is 1. The SMILES string of the molecule is CC(C)CN(CC(C)C)C(=O)c1cccc(F)c1N. The maximum atomic E-state index is 13.4. The maximum absolute atomic E-state index is 13.4. The van der Waals surface area contributed by atoms with Crippen molar-refractivity contribution >= 4 is 11.6 Å². The van der Waals surface area contributed by atoms with Crippen LogP contribution in [-0.4, -0.2) is 23.9 Å². The topological polar surface area (TPSA) is 46.3 Å². The third kappa shape index (κ3) is 4.23. The summed E-state index contributed by atoms with van der Waals surface area (Å²) in [5.41, 5.74) is 5.85. The van der Waals surface area contributed by atoms with Gasteiger partial charge in [-0.2, -0.15) is 0 Å². The van der Waals surface area contributed by atoms with Crippen LogP contribution in [0.15, 0.2) is 18.2 Å². The number of carbonyl (C=O) groups is 1. The molecule has 0 aliphatic carbocycles. The minimum atomic E-state index is -0.542. The third-order valence-electron chi connectivity index (χ3n) is 2.74. The molecule has 0 aliphatic rings. The lowest BCUT2D eigenvalue weighted by molar-refractivity contribution is 0.0716. The lowest BCUT2D eigenvalue weighted by Gasteiger charge is -2.27. The highest BCUT2D eigenvalue weighted by Gasteiger charge is 2.21. The molecule has 0 spiro atoms. The number of benzene rings is 1. The molecule has 0 fully saturated rings. The lowest BCUT2D eigenvalue weighted by atomic mass is 10.1. The van der Waals surface area contributed by atoms with Gasteiger partial charge >= 0.3 is 0 Å². The van der Waals surface area contributed by atoms with E-state index in [0.717, 1.165) is 0 Å². The van der Waals surface area contributed by atoms with Crippen molar-refractivity contribution in [2.24, 2.45) is 11.8 Å². The van der Waals surface area contributed by atoms with E-state index in [1.54, 1.807) is 11.0 Å². The van der Waals surface area contributed by atoms with Crippen LogP contribution < -0.4 is 5.73 Å². The first-order valence-corrected chi connectivity index (χ1v) is 6.66. The Hall–Kier alpha value is -1.58. The number of hydrogen-bond acceptors (Lipinski definition) is 2. The Bertz CT molecular complexity index is 434. The van der Waals surface area contributed by atoms with E-state index in [9.17, 15) is 9.18 Å². The first-order chi connectivity index (χ1) is 8.82. The number of hydrogen-bond donors (Lipinski definition) is 1. The molecule has 3 nitrogen and oxygen atoms in total. The largest absolute Gasteiger partial charge is 0.396 e. The molecule has 0 aromatic heterocycles. The van der Waals surface area contributed by atoms with Gasteiger partial charge in [-0.1, -0.05) is 33.8 Å². The summed E-state index contributed by atoms with van der Waals surface area (Å²) in [6.07, 6.45) is 0. The molecule has 0 saturated carbocycles. The van der Waals surface area contributed by atoms with Crippen molar-refractivity contribution in [2.75, 3.05) is 18.8 Å². The summed E-state index contributed by atoms with van der Waals surface area (Å²) in [6, 6.07) is 4.36. The Morgan fingerprint density at radius 2 is 1.74 bits per heavy atom. The molecule has 0 unspecified atom stereocenters. The van der Waals surface area contributed by atoms with Crippen molar-refractivity contribution in [2.45, 2.75) is 27.7 Å². The summed E-state index contributed by atoms with van der Waals surface area (Å²) in [6.45, 7) is 9.50. The van der Waals surface area contributed by atoms with Gasteiger partial charge in [0, 0.05) is 13.1 Å². The minimum absolute atomic E-state index is 0.0648. The van der Waals surface area contributed by atoms with Gasteiger partial charge in [0.1, 0.15) is 5.82 Å². The second kappa shape index (κ2) is 6.55. The highest BCUT2D eigenvalue weighted by Crippen LogP contribution is 2.19. The summed E-state index contributed by atoms with van der Waals surface area (Å²) < 4.78 is 13.4. The van der Waals surface area contributed by atoms with Gasteiger partial charge in [0.05, 0.1) is 11.3 Å². The van der Waals surface area contributed by atoms with Gasteiger partial charge < -0.3 is 10.6 Å². The number of anilines is 1. The van der Waals surface area contributed by atoms with Crippen molar-refractivity contribution in [3.05, 3.63) is 29.6 Å². The first kappa shape index (κ1) is 15.5. The number of halogens is 1. The second-order valence-corrected chi connectivity index (χ2v) is 5.70. The Balaban J connectivity index is 3.01. The summed E-state index contributed by atoms with van der Waals surface area (Å²) in [5.74, 6) is -0.0192. The number of nitrogens with two attached hydrogens (primary N) is 1. The fourth-order valence-electron chi connectivity index (χ4n) is 2.02. The van der Waals surface area contributed by atoms with E-state index < -0.39 is 5.82 Å². The van der Waals surface area contributed by atoms with E-state index in [2.05, 4.69) is 27.7 Å². The predicted molar refractivity (Wildman–Crippen MR) is 76.4 cm³/mol. The highest BCUT2D eigenvalue weighted by atomic mass is 19.1. The molecular weight excluding hydrogens is 243 g/mol. The average Bonchev–Trinajstić information content (AvgIpc) is 2.30. The molecule has 1 aromatic rings. The number of nitrogen functional groups attached to an aromatic ring is 1. The molecular formula is C15H23FN2O. The van der Waals surface area contributed by atoms with Crippen LogP contribution >= 0.6 is 0 Å². The molecule has 2 N–H and O–H groups in total. The lowest BCUT2D eigenvalue weighted by Crippen LogP contribution is -2.37. The molecule has 106 valence electrons. The zero-order chi connectivity index (χ0) is 14.6. The number of nitrogens with zero attached hydrogens (tertiary/aromatic N) is 1. The molecule has 0 aliphatic heterocycles. The van der Waals surface area contributed by atoms with Crippen LogP contribution in [0, 0.1) is 17.7 Å². The smallest absolute Gasteiger partial charge is 0.256 e. The number of para-hydroxylation sites is 1. The van der Waals surface area contributed by atoms with Crippen LogP contribution in [0.1, 0.15) is 38.1 Å². The average molecular weight is 266 g/mol. The Labute approximate surface area is 114 Å². The normalized spacial score (nSPS) is 11.1. The molecule has 1 aromatic carbocycles. The zero-order valence-electron chi connectivity index (χ0n) is 12.1. The van der Waals surface area contributed by atoms with E-state index in [1.165, 1.54) is 12.1 Å². The van der Waals surface area contributed by atoms with Crippen molar-refractivity contribution in [3.63, 3.8) is 0 Å². The molecule has 1 amide bonds. The predicted octanol–water partition coefficient (Wildman–Crippen LogP) is 3.16. The van der Waals surface area contributed by atoms with E-state index in [-0.39, 0.29) is 17.2 Å². The third-order valence-corrected chi connectivity index (χ3v) is 2.74. The quantitative estimate of drug-likeness (QED) is 0.832. The van der Waals surface area contributed by atoms with Crippen molar-refractivity contribution in [1.82, 2.24) is 4.90 Å². The monoisotopic (exact) mass is 266 g/mol. The fraction of sp³-hybridized carbons (Fsp3) is 0.533. The van der Waals surface area contributed by atoms with Gasteiger partial charge in [-0.3, -0.25) is 4.79 Å². The molecule has 1 rings (SSSR count). The first-order valence-electron chi connectivity index (χ1n) is 6.66. The van der Waals surface area contributed by atoms with Crippen LogP contribution in [-0.2, 0) is 0 Å². The number of carbonyl (C=O) groups excluding carboxylic acids is 1. The fourth-order valence-corrected chi connectivity index (χ4v) is 2.02. The van der Waals surface area contributed by atoms with Crippen molar-refractivity contribution < 1.29 is 9.18 Å². The molecule has 0 bridgehead atoms. The van der Waals surface area contributed by atoms with E-state index in [1.807, 2.05) is 0 Å². The molecule has 0 saturated heterocycles. The number of rotatable bonds is 5. The van der Waals surface area contributed by atoms with Gasteiger partial charge in [0.2, 0.25) is 0 Å². The van der Waals surface area contributed by atoms with Gasteiger partial charge in [-0.25, -0.2) is 4.39 Å². The van der Waals surface area contributed by atoms with Crippen LogP contribution in [0.4, 0.5) is 10.1 Å². The van der Waals surface area contributed by atoms with Gasteiger partial charge in [0.25, 0.3) is 5.91 Å². The summed E-state index contributed by atoms with van der Waals surface area (Å²) in [7, 11) is 0. The summed E-state index contributed by atoms with van der Waals surface area (Å²) >= 11 is 0. The summed E-state index contributed by atoms with van der Waals surface area (Å²) in [5, 5.41) is 0. The van der Waals surface area contributed by atoms with Gasteiger partial charge in [-0.15, -0.1) is 0 Å². The molecule has 4 heteroatoms. The van der Waals surface area contributed by atoms with Crippen LogP contribution in [0.3, 0.4) is 0 Å². The van der Waals surface area contributed by atoms with Crippen LogP contribution in [0.2, 0.25) is 0 Å². The Kier molecular flexibility index (Phi) is 5.33. The van der Waals surface area contributed by atoms with E-state index >= 15 is 0 Å². The van der Waals surface area contributed by atoms with Crippen molar-refractivity contribution in [3.8, 4) is 0 Å². The molecule has 0 heterocycles. The van der Waals surface area contributed by atoms with Gasteiger partial charge in [-0.05, 0) is 24.0 Å². The zero-order valence-corrected chi connectivity index (χ0v) is 12.1. The van der Waals surface area contributed by atoms with E-state index in [4.69, 9.17) is 5.73 Å². The highest BCUT2D eigenvalue weighted by molar-refractivity contribution is 5.99. The second-order valence-electron chi connectivity index (χ2n) is 5.70. The van der Waals surface area contributed by atoms with Crippen LogP contribution in [0.25, 0.3) is 0 Å². The molecule has 19 heavy (non-hydrogen) atoms.